The Kier molecular flexibility index (Phi) is 5.80. The molecule has 0 saturated heterocycles. The fraction of sp³-hybridized carbons (Fsp3) is 0.385. The van der Waals surface area contributed by atoms with E-state index in [-0.39, 0.29) is 17.7 Å². The van der Waals surface area contributed by atoms with Crippen molar-refractivity contribution in [3.63, 3.8) is 0 Å². The highest BCUT2D eigenvalue weighted by atomic mass is 16.5. The van der Waals surface area contributed by atoms with Gasteiger partial charge in [0.2, 0.25) is 5.89 Å². The Balaban J connectivity index is 1.51. The van der Waals surface area contributed by atoms with Crippen LogP contribution in [-0.2, 0) is 0 Å². The highest BCUT2D eigenvalue weighted by molar-refractivity contribution is 6.05. The molecule has 5 rings (SSSR count). The SMILES string of the molecule is CC(C)c1cccc(C(=O)Nc2cc3cn(C4CCC(C)(O)CC4)nc3cc2-c2ncco2)[n+]1[O-]. The summed E-state index contributed by atoms with van der Waals surface area (Å²) in [6.45, 7) is 5.69. The Morgan fingerprint density at radius 3 is 2.77 bits per heavy atom. The molecule has 0 spiro atoms. The van der Waals surface area contributed by atoms with Crippen LogP contribution >= 0.6 is 0 Å². The van der Waals surface area contributed by atoms with Gasteiger partial charge in [-0.25, -0.2) is 4.98 Å². The molecule has 1 amide bonds. The molecular weight excluding hydrogens is 446 g/mol. The van der Waals surface area contributed by atoms with Crippen molar-refractivity contribution in [3.05, 3.63) is 65.6 Å². The third-order valence-corrected chi connectivity index (χ3v) is 6.78. The molecule has 0 radical (unpaired) electrons. The van der Waals surface area contributed by atoms with Gasteiger partial charge >= 0.3 is 5.91 Å². The zero-order valence-electron chi connectivity index (χ0n) is 20.1. The van der Waals surface area contributed by atoms with E-state index in [2.05, 4.69) is 10.3 Å². The Morgan fingerprint density at radius 1 is 1.31 bits per heavy atom. The van der Waals surface area contributed by atoms with E-state index in [4.69, 9.17) is 9.52 Å². The maximum atomic E-state index is 13.2. The number of aromatic nitrogens is 4. The summed E-state index contributed by atoms with van der Waals surface area (Å²) in [6, 6.07) is 8.80. The molecule has 3 aromatic heterocycles. The molecule has 9 nitrogen and oxygen atoms in total. The van der Waals surface area contributed by atoms with Crippen molar-refractivity contribution in [1.82, 2.24) is 14.8 Å². The summed E-state index contributed by atoms with van der Waals surface area (Å²) in [7, 11) is 0. The molecule has 3 heterocycles. The lowest BCUT2D eigenvalue weighted by molar-refractivity contribution is -0.617. The lowest BCUT2D eigenvalue weighted by atomic mass is 9.84. The fourth-order valence-electron chi connectivity index (χ4n) is 4.70. The van der Waals surface area contributed by atoms with Gasteiger partial charge in [0.15, 0.2) is 5.69 Å². The summed E-state index contributed by atoms with van der Waals surface area (Å²) in [5.41, 5.74) is 1.71. The first-order valence-corrected chi connectivity index (χ1v) is 11.9. The van der Waals surface area contributed by atoms with Crippen molar-refractivity contribution in [2.75, 3.05) is 5.32 Å². The van der Waals surface area contributed by atoms with Gasteiger partial charge in [-0.15, -0.1) is 0 Å². The standard InChI is InChI=1S/C26H29N5O4/c1-16(2)22-5-4-6-23(31(22)34)24(32)28-21-13-17-15-30(18-7-9-26(3,33)10-8-18)29-20(17)14-19(21)25-27-11-12-35-25/h4-6,11-16,18,33H,7-10H2,1-3H3,(H,28,32). The predicted octanol–water partition coefficient (Wildman–Crippen LogP) is 4.57. The molecule has 1 aliphatic rings. The molecule has 0 aliphatic heterocycles. The highest BCUT2D eigenvalue weighted by Gasteiger charge is 2.30. The zero-order valence-corrected chi connectivity index (χ0v) is 20.1. The lowest BCUT2D eigenvalue weighted by Crippen LogP contribution is -2.41. The van der Waals surface area contributed by atoms with Gasteiger partial charge in [-0.05, 0) is 50.8 Å². The maximum absolute atomic E-state index is 13.2. The minimum Gasteiger partial charge on any atom is -0.618 e. The number of amides is 1. The number of hydrogen-bond acceptors (Lipinski definition) is 6. The summed E-state index contributed by atoms with van der Waals surface area (Å²) in [6.07, 6.45) is 8.09. The van der Waals surface area contributed by atoms with Gasteiger partial charge in [0, 0.05) is 29.6 Å². The van der Waals surface area contributed by atoms with Crippen LogP contribution in [0.1, 0.15) is 74.6 Å². The molecule has 1 aliphatic carbocycles. The molecule has 1 saturated carbocycles. The van der Waals surface area contributed by atoms with E-state index in [0.717, 1.165) is 36.6 Å². The van der Waals surface area contributed by atoms with Gasteiger partial charge in [-0.3, -0.25) is 9.48 Å². The van der Waals surface area contributed by atoms with Gasteiger partial charge < -0.3 is 20.0 Å². The predicted molar refractivity (Wildman–Crippen MR) is 131 cm³/mol. The average Bonchev–Trinajstić information content (AvgIpc) is 3.48. The topological polar surface area (TPSA) is 120 Å². The summed E-state index contributed by atoms with van der Waals surface area (Å²) < 4.78 is 8.15. The summed E-state index contributed by atoms with van der Waals surface area (Å²) in [5.74, 6) is -0.193. The second kappa shape index (κ2) is 8.81. The first-order chi connectivity index (χ1) is 16.7. The van der Waals surface area contributed by atoms with Crippen molar-refractivity contribution < 1.29 is 19.0 Å². The van der Waals surface area contributed by atoms with E-state index in [9.17, 15) is 15.1 Å². The molecule has 9 heteroatoms. The van der Waals surface area contributed by atoms with E-state index >= 15 is 0 Å². The Morgan fingerprint density at radius 2 is 2.09 bits per heavy atom. The van der Waals surface area contributed by atoms with Gasteiger partial charge in [0.25, 0.3) is 5.69 Å². The van der Waals surface area contributed by atoms with Gasteiger partial charge in [0.05, 0.1) is 34.6 Å². The number of carbonyl (C=O) groups is 1. The molecular formula is C26H29N5O4. The maximum Gasteiger partial charge on any atom is 0.321 e. The van der Waals surface area contributed by atoms with E-state index in [1.165, 1.54) is 18.5 Å². The van der Waals surface area contributed by atoms with Gasteiger partial charge in [-0.1, -0.05) is 13.8 Å². The monoisotopic (exact) mass is 475 g/mol. The molecule has 2 N–H and O–H groups in total. The molecule has 182 valence electrons. The van der Waals surface area contributed by atoms with Crippen molar-refractivity contribution in [3.8, 4) is 11.5 Å². The van der Waals surface area contributed by atoms with E-state index in [1.807, 2.05) is 43.8 Å². The van der Waals surface area contributed by atoms with Crippen LogP contribution in [0.25, 0.3) is 22.4 Å². The van der Waals surface area contributed by atoms with Crippen LogP contribution < -0.4 is 10.0 Å². The lowest BCUT2D eigenvalue weighted by Gasteiger charge is -2.33. The number of oxazole rings is 1. The number of fused-ring (bicyclic) bond motifs is 1. The van der Waals surface area contributed by atoms with Crippen LogP contribution in [0.5, 0.6) is 0 Å². The van der Waals surface area contributed by atoms with E-state index in [0.29, 0.717) is 27.6 Å². The number of anilines is 1. The summed E-state index contributed by atoms with van der Waals surface area (Å²) in [5, 5.41) is 31.6. The second-order valence-corrected chi connectivity index (χ2v) is 9.87. The van der Waals surface area contributed by atoms with Crippen LogP contribution in [0.3, 0.4) is 0 Å². The summed E-state index contributed by atoms with van der Waals surface area (Å²) >= 11 is 0. The van der Waals surface area contributed by atoms with Crippen LogP contribution in [0.15, 0.2) is 53.4 Å². The number of benzene rings is 1. The number of carbonyl (C=O) groups excluding carboxylic acids is 1. The quantitative estimate of drug-likeness (QED) is 0.322. The van der Waals surface area contributed by atoms with Crippen molar-refractivity contribution in [2.45, 2.75) is 64.0 Å². The Bertz CT molecular complexity index is 1360. The number of pyridine rings is 1. The number of rotatable bonds is 5. The number of aliphatic hydroxyl groups is 1. The molecule has 1 aromatic carbocycles. The van der Waals surface area contributed by atoms with Crippen LogP contribution in [0.4, 0.5) is 5.69 Å². The first-order valence-electron chi connectivity index (χ1n) is 11.9. The minimum absolute atomic E-state index is 0.0135. The van der Waals surface area contributed by atoms with E-state index < -0.39 is 11.5 Å². The van der Waals surface area contributed by atoms with Crippen LogP contribution in [-0.4, -0.2) is 31.4 Å². The highest BCUT2D eigenvalue weighted by Crippen LogP contribution is 2.36. The largest absolute Gasteiger partial charge is 0.618 e. The molecule has 4 aromatic rings. The molecule has 0 atom stereocenters. The van der Waals surface area contributed by atoms with Crippen molar-refractivity contribution >= 4 is 22.5 Å². The normalized spacial score (nSPS) is 20.4. The van der Waals surface area contributed by atoms with Crippen molar-refractivity contribution in [1.29, 1.82) is 0 Å². The molecule has 35 heavy (non-hydrogen) atoms. The average molecular weight is 476 g/mol. The molecule has 1 fully saturated rings. The minimum atomic E-state index is -0.621. The fourth-order valence-corrected chi connectivity index (χ4v) is 4.70. The Hall–Kier alpha value is -3.72. The number of hydrogen-bond donors (Lipinski definition) is 2. The third kappa shape index (κ3) is 4.51. The smallest absolute Gasteiger partial charge is 0.321 e. The zero-order chi connectivity index (χ0) is 24.7. The second-order valence-electron chi connectivity index (χ2n) is 9.87. The van der Waals surface area contributed by atoms with Crippen LogP contribution in [0, 0.1) is 5.21 Å². The van der Waals surface area contributed by atoms with Gasteiger partial charge in [-0.2, -0.15) is 9.83 Å². The van der Waals surface area contributed by atoms with E-state index in [1.54, 1.807) is 12.1 Å². The van der Waals surface area contributed by atoms with Crippen LogP contribution in [0.2, 0.25) is 0 Å². The third-order valence-electron chi connectivity index (χ3n) is 6.78. The first kappa shape index (κ1) is 23.0. The van der Waals surface area contributed by atoms with Gasteiger partial charge in [0.1, 0.15) is 6.26 Å². The molecule has 0 bridgehead atoms. The number of nitrogens with zero attached hydrogens (tertiary/aromatic N) is 4. The Labute approximate surface area is 203 Å². The van der Waals surface area contributed by atoms with Crippen molar-refractivity contribution in [2.24, 2.45) is 0 Å². The molecule has 0 unspecified atom stereocenters. The number of nitrogens with one attached hydrogen (secondary N) is 1. The summed E-state index contributed by atoms with van der Waals surface area (Å²) in [4.78, 5) is 17.4.